The molecule has 2 aliphatic rings. The Morgan fingerprint density at radius 1 is 1.12 bits per heavy atom. The second kappa shape index (κ2) is 10.7. The summed E-state index contributed by atoms with van der Waals surface area (Å²) < 4.78 is 8.80. The van der Waals surface area contributed by atoms with E-state index in [1.807, 2.05) is 10.8 Å². The highest BCUT2D eigenvalue weighted by Gasteiger charge is 2.51. The number of hydrogen-bond donors (Lipinski definition) is 0. The number of ether oxygens (including phenoxy) is 1. The lowest BCUT2D eigenvalue weighted by molar-refractivity contribution is -0.161. The van der Waals surface area contributed by atoms with Crippen molar-refractivity contribution in [2.75, 3.05) is 13.7 Å². The van der Waals surface area contributed by atoms with Gasteiger partial charge in [-0.05, 0) is 62.2 Å². The number of methoxy groups -OCH3 is 1. The number of likely N-dealkylation sites (tertiary alicyclic amines) is 1. The molecule has 2 aromatic heterocycles. The van der Waals surface area contributed by atoms with E-state index in [1.165, 1.54) is 23.1 Å². The first-order valence-electron chi connectivity index (χ1n) is 13.5. The Morgan fingerprint density at radius 2 is 1.86 bits per heavy atom. The Bertz CT molecular complexity index is 1730. The lowest BCUT2D eigenvalue weighted by Gasteiger charge is -2.29. The van der Waals surface area contributed by atoms with Gasteiger partial charge in [0.2, 0.25) is 5.60 Å². The fraction of sp³-hybridized carbons (Fsp3) is 0.379. The Labute approximate surface area is 252 Å². The quantitative estimate of drug-likeness (QED) is 0.295. The Balaban J connectivity index is 1.20. The van der Waals surface area contributed by atoms with Gasteiger partial charge in [-0.15, -0.1) is 5.10 Å². The SMILES string of the molecule is COC(=O)[C@@H]1C[C@H](n2cc(Cn3cnc4cc(C)c(C)cc43)nn2)CN1C(=O)C1(C)CC(c2cc(Cl)cc(Cl)c2)=NO1. The first-order valence-corrected chi connectivity index (χ1v) is 14.2. The van der Waals surface area contributed by atoms with Gasteiger partial charge in [-0.3, -0.25) is 4.79 Å². The van der Waals surface area contributed by atoms with E-state index in [4.69, 9.17) is 32.8 Å². The monoisotopic (exact) mass is 609 g/mol. The topological polar surface area (TPSA) is 117 Å². The summed E-state index contributed by atoms with van der Waals surface area (Å²) >= 11 is 12.3. The van der Waals surface area contributed by atoms with Crippen LogP contribution < -0.4 is 0 Å². The number of rotatable bonds is 6. The first-order chi connectivity index (χ1) is 20.0. The van der Waals surface area contributed by atoms with Gasteiger partial charge in [0.1, 0.15) is 11.7 Å². The molecule has 3 atom stereocenters. The van der Waals surface area contributed by atoms with Crippen LogP contribution in [0, 0.1) is 13.8 Å². The third-order valence-electron chi connectivity index (χ3n) is 8.02. The van der Waals surface area contributed by atoms with Crippen molar-refractivity contribution in [3.05, 3.63) is 75.3 Å². The van der Waals surface area contributed by atoms with Crippen molar-refractivity contribution in [1.82, 2.24) is 29.4 Å². The molecule has 4 aromatic rings. The van der Waals surface area contributed by atoms with Crippen LogP contribution in [0.2, 0.25) is 10.0 Å². The molecule has 0 N–H and O–H groups in total. The second-order valence-corrected chi connectivity index (χ2v) is 11.9. The molecule has 6 rings (SSSR count). The van der Waals surface area contributed by atoms with Crippen LogP contribution in [0.5, 0.6) is 0 Å². The summed E-state index contributed by atoms with van der Waals surface area (Å²) in [5, 5.41) is 13.8. The van der Waals surface area contributed by atoms with Crippen LogP contribution in [-0.2, 0) is 25.7 Å². The molecule has 0 spiro atoms. The standard InChI is InChI=1S/C29H29Cl2N7O4/c1-16-5-23-25(6-17(16)2)36(15-32-23)12-21-13-38(35-33-21)22-10-26(27(39)41-4)37(14-22)28(40)29(3)11-24(34-42-29)18-7-19(30)9-20(31)8-18/h5-9,13,15,22,26H,10-12,14H2,1-4H3/t22-,26-,29?/m0/s1. The summed E-state index contributed by atoms with van der Waals surface area (Å²) in [7, 11) is 1.31. The smallest absolute Gasteiger partial charge is 0.328 e. The van der Waals surface area contributed by atoms with Crippen molar-refractivity contribution in [2.45, 2.75) is 57.8 Å². The van der Waals surface area contributed by atoms with Gasteiger partial charge >= 0.3 is 5.97 Å². The summed E-state index contributed by atoms with van der Waals surface area (Å²) in [6, 6.07) is 8.13. The van der Waals surface area contributed by atoms with E-state index >= 15 is 0 Å². The van der Waals surface area contributed by atoms with Crippen LogP contribution in [-0.4, -0.2) is 72.3 Å². The first kappa shape index (κ1) is 28.2. The average Bonchev–Trinajstić information content (AvgIpc) is 3.75. The lowest BCUT2D eigenvalue weighted by Crippen LogP contribution is -2.51. The molecule has 2 aliphatic heterocycles. The van der Waals surface area contributed by atoms with E-state index in [-0.39, 0.29) is 24.9 Å². The highest BCUT2D eigenvalue weighted by molar-refractivity contribution is 6.35. The molecule has 1 saturated heterocycles. The molecule has 2 aromatic carbocycles. The van der Waals surface area contributed by atoms with Crippen molar-refractivity contribution in [3.63, 3.8) is 0 Å². The number of amides is 1. The van der Waals surface area contributed by atoms with Crippen molar-refractivity contribution in [1.29, 1.82) is 0 Å². The lowest BCUT2D eigenvalue weighted by atomic mass is 9.94. The van der Waals surface area contributed by atoms with Crippen LogP contribution in [0.3, 0.4) is 0 Å². The van der Waals surface area contributed by atoms with E-state index < -0.39 is 17.6 Å². The minimum Gasteiger partial charge on any atom is -0.467 e. The Kier molecular flexibility index (Phi) is 7.18. The highest BCUT2D eigenvalue weighted by atomic mass is 35.5. The van der Waals surface area contributed by atoms with Crippen LogP contribution in [0.1, 0.15) is 48.2 Å². The van der Waals surface area contributed by atoms with Gasteiger partial charge in [-0.2, -0.15) is 0 Å². The number of carbonyl (C=O) groups excluding carboxylic acids is 2. The van der Waals surface area contributed by atoms with Crippen LogP contribution in [0.4, 0.5) is 0 Å². The minimum atomic E-state index is -1.32. The molecule has 0 aliphatic carbocycles. The molecule has 1 fully saturated rings. The molecule has 0 bridgehead atoms. The Morgan fingerprint density at radius 3 is 2.60 bits per heavy atom. The number of oxime groups is 1. The molecule has 13 heteroatoms. The Hall–Kier alpha value is -3.96. The van der Waals surface area contributed by atoms with Gasteiger partial charge in [-0.25, -0.2) is 14.5 Å². The van der Waals surface area contributed by atoms with E-state index in [9.17, 15) is 9.59 Å². The molecule has 0 saturated carbocycles. The average molecular weight is 611 g/mol. The zero-order valence-corrected chi connectivity index (χ0v) is 25.1. The molecular weight excluding hydrogens is 581 g/mol. The number of aromatic nitrogens is 5. The summed E-state index contributed by atoms with van der Waals surface area (Å²) in [6.07, 6.45) is 4.14. The molecule has 11 nitrogen and oxygen atoms in total. The molecule has 4 heterocycles. The second-order valence-electron chi connectivity index (χ2n) is 11.1. The molecule has 1 unspecified atom stereocenters. The number of halogens is 2. The predicted molar refractivity (Wildman–Crippen MR) is 157 cm³/mol. The maximum atomic E-state index is 13.9. The maximum absolute atomic E-state index is 13.9. The van der Waals surface area contributed by atoms with Crippen molar-refractivity contribution in [2.24, 2.45) is 5.16 Å². The highest BCUT2D eigenvalue weighted by Crippen LogP contribution is 2.35. The van der Waals surface area contributed by atoms with Gasteiger partial charge in [0.05, 0.1) is 49.0 Å². The zero-order valence-electron chi connectivity index (χ0n) is 23.5. The summed E-state index contributed by atoms with van der Waals surface area (Å²) in [5.41, 5.74) is 4.93. The number of aryl methyl sites for hydroxylation is 2. The summed E-state index contributed by atoms with van der Waals surface area (Å²) in [6.45, 7) is 6.51. The predicted octanol–water partition coefficient (Wildman–Crippen LogP) is 4.50. The fourth-order valence-corrected chi connectivity index (χ4v) is 6.13. The minimum absolute atomic E-state index is 0.183. The largest absolute Gasteiger partial charge is 0.467 e. The number of fused-ring (bicyclic) bond motifs is 1. The normalized spacial score (nSPS) is 22.0. The van der Waals surface area contributed by atoms with Gasteiger partial charge < -0.3 is 19.0 Å². The number of imidazole rings is 1. The van der Waals surface area contributed by atoms with Gasteiger partial charge in [0.15, 0.2) is 0 Å². The number of carbonyl (C=O) groups is 2. The third-order valence-corrected chi connectivity index (χ3v) is 8.46. The van der Waals surface area contributed by atoms with Gasteiger partial charge in [-0.1, -0.05) is 33.6 Å². The third kappa shape index (κ3) is 5.11. The fourth-order valence-electron chi connectivity index (χ4n) is 5.60. The number of hydrogen-bond acceptors (Lipinski definition) is 8. The molecule has 218 valence electrons. The summed E-state index contributed by atoms with van der Waals surface area (Å²) in [4.78, 5) is 38.4. The van der Waals surface area contributed by atoms with Crippen LogP contribution >= 0.6 is 23.2 Å². The zero-order chi connectivity index (χ0) is 29.8. The van der Waals surface area contributed by atoms with Crippen molar-refractivity contribution >= 4 is 51.8 Å². The van der Waals surface area contributed by atoms with Crippen LogP contribution in [0.15, 0.2) is 48.0 Å². The van der Waals surface area contributed by atoms with Crippen molar-refractivity contribution < 1.29 is 19.2 Å². The maximum Gasteiger partial charge on any atom is 0.328 e. The van der Waals surface area contributed by atoms with E-state index in [0.717, 1.165) is 16.7 Å². The molecule has 1 amide bonds. The van der Waals surface area contributed by atoms with E-state index in [1.54, 1.807) is 36.1 Å². The van der Waals surface area contributed by atoms with E-state index in [0.29, 0.717) is 34.3 Å². The molecular formula is C29H29Cl2N7O4. The van der Waals surface area contributed by atoms with E-state index in [2.05, 4.69) is 46.4 Å². The van der Waals surface area contributed by atoms with Gasteiger partial charge in [0.25, 0.3) is 5.91 Å². The molecule has 0 radical (unpaired) electrons. The number of benzene rings is 2. The summed E-state index contributed by atoms with van der Waals surface area (Å²) in [5.74, 6) is -0.880. The number of nitrogens with zero attached hydrogens (tertiary/aromatic N) is 7. The van der Waals surface area contributed by atoms with Crippen LogP contribution in [0.25, 0.3) is 11.0 Å². The number of esters is 1. The van der Waals surface area contributed by atoms with Crippen molar-refractivity contribution in [3.8, 4) is 0 Å². The molecule has 42 heavy (non-hydrogen) atoms. The van der Waals surface area contributed by atoms with Gasteiger partial charge in [0, 0.05) is 35.0 Å².